The first-order valence-corrected chi connectivity index (χ1v) is 4.40. The molecular weight excluding hydrogens is 200 g/mol. The molecule has 0 radical (unpaired) electrons. The fourth-order valence-corrected chi connectivity index (χ4v) is 1.18. The van der Waals surface area contributed by atoms with E-state index in [1.165, 1.54) is 0 Å². The molecule has 0 unspecified atom stereocenters. The number of nitrogen functional groups attached to an aromatic ring is 1. The van der Waals surface area contributed by atoms with E-state index in [1.807, 2.05) is 0 Å². The van der Waals surface area contributed by atoms with Gasteiger partial charge in [0, 0.05) is 18.0 Å². The number of alkyl halides is 2. The van der Waals surface area contributed by atoms with Crippen molar-refractivity contribution < 1.29 is 13.5 Å². The Kier molecular flexibility index (Phi) is 3.97. The molecule has 1 heterocycles. The second kappa shape index (κ2) is 5.03. The van der Waals surface area contributed by atoms with Gasteiger partial charge in [0.15, 0.2) is 5.13 Å². The van der Waals surface area contributed by atoms with E-state index >= 15 is 0 Å². The van der Waals surface area contributed by atoms with E-state index in [0.29, 0.717) is 17.4 Å². The van der Waals surface area contributed by atoms with Crippen LogP contribution < -0.4 is 5.73 Å². The lowest BCUT2D eigenvalue weighted by atomic mass is 10.4. The minimum Gasteiger partial charge on any atom is -0.375 e. The first-order valence-electron chi connectivity index (χ1n) is 3.62. The van der Waals surface area contributed by atoms with Crippen molar-refractivity contribution >= 4 is 16.7 Å². The molecule has 1 rings (SSSR count). The van der Waals surface area contributed by atoms with Gasteiger partial charge < -0.3 is 10.5 Å². The van der Waals surface area contributed by atoms with E-state index in [2.05, 4.69) is 14.1 Å². The van der Waals surface area contributed by atoms with Crippen LogP contribution in [0.5, 0.6) is 0 Å². The van der Waals surface area contributed by atoms with E-state index in [-0.39, 0.29) is 6.61 Å². The molecule has 0 aromatic carbocycles. The largest absolute Gasteiger partial charge is 0.375 e. The molecule has 4 nitrogen and oxygen atoms in total. The van der Waals surface area contributed by atoms with Crippen LogP contribution in [0.2, 0.25) is 0 Å². The Hall–Kier alpha value is -0.820. The Bertz CT molecular complexity index is 256. The molecule has 74 valence electrons. The third kappa shape index (κ3) is 4.09. The number of halogens is 2. The quantitative estimate of drug-likeness (QED) is 0.733. The Morgan fingerprint density at radius 2 is 2.31 bits per heavy atom. The molecule has 0 atom stereocenters. The molecule has 7 heteroatoms. The van der Waals surface area contributed by atoms with Gasteiger partial charge in [0.1, 0.15) is 12.4 Å². The van der Waals surface area contributed by atoms with E-state index in [0.717, 1.165) is 11.5 Å². The van der Waals surface area contributed by atoms with Crippen LogP contribution in [0.1, 0.15) is 5.82 Å². The molecule has 0 aliphatic heterocycles. The van der Waals surface area contributed by atoms with Crippen LogP contribution in [-0.4, -0.2) is 29.0 Å². The lowest BCUT2D eigenvalue weighted by molar-refractivity contribution is 0.0183. The van der Waals surface area contributed by atoms with Crippen molar-refractivity contribution in [2.24, 2.45) is 0 Å². The predicted octanol–water partition coefficient (Wildman–Crippen LogP) is 0.944. The van der Waals surface area contributed by atoms with Gasteiger partial charge in [0.2, 0.25) is 0 Å². The topological polar surface area (TPSA) is 61.0 Å². The van der Waals surface area contributed by atoms with Crippen LogP contribution in [0.15, 0.2) is 0 Å². The van der Waals surface area contributed by atoms with Gasteiger partial charge in [0.05, 0.1) is 6.61 Å². The summed E-state index contributed by atoms with van der Waals surface area (Å²) in [6, 6.07) is 0. The van der Waals surface area contributed by atoms with Gasteiger partial charge in [-0.2, -0.15) is 4.37 Å². The van der Waals surface area contributed by atoms with Crippen LogP contribution in [0, 0.1) is 0 Å². The first kappa shape index (κ1) is 10.3. The standard InChI is InChI=1S/C6H9F2N3OS/c7-4(8)3-12-2-1-5-10-6(9)13-11-5/h4H,1-3H2,(H2,9,10,11). The fourth-order valence-electron chi connectivity index (χ4n) is 0.705. The van der Waals surface area contributed by atoms with Crippen LogP contribution in [0.25, 0.3) is 0 Å². The summed E-state index contributed by atoms with van der Waals surface area (Å²) < 4.78 is 31.7. The highest BCUT2D eigenvalue weighted by atomic mass is 32.1. The zero-order valence-corrected chi connectivity index (χ0v) is 7.56. The number of nitrogens with zero attached hydrogens (tertiary/aromatic N) is 2. The molecule has 0 amide bonds. The molecule has 2 N–H and O–H groups in total. The van der Waals surface area contributed by atoms with Crippen molar-refractivity contribution in [1.82, 2.24) is 9.36 Å². The highest BCUT2D eigenvalue weighted by molar-refractivity contribution is 7.09. The van der Waals surface area contributed by atoms with Gasteiger partial charge in [-0.3, -0.25) is 0 Å². The Morgan fingerprint density at radius 3 is 2.85 bits per heavy atom. The van der Waals surface area contributed by atoms with Crippen LogP contribution in [-0.2, 0) is 11.2 Å². The van der Waals surface area contributed by atoms with Gasteiger partial charge in [0.25, 0.3) is 6.43 Å². The highest BCUT2D eigenvalue weighted by Gasteiger charge is 2.03. The van der Waals surface area contributed by atoms with E-state index < -0.39 is 13.0 Å². The van der Waals surface area contributed by atoms with Gasteiger partial charge in [-0.15, -0.1) is 0 Å². The summed E-state index contributed by atoms with van der Waals surface area (Å²) in [4.78, 5) is 3.85. The minimum absolute atomic E-state index is 0.195. The summed E-state index contributed by atoms with van der Waals surface area (Å²) >= 11 is 1.08. The van der Waals surface area contributed by atoms with Crippen molar-refractivity contribution in [3.8, 4) is 0 Å². The zero-order chi connectivity index (χ0) is 9.68. The SMILES string of the molecule is Nc1nc(CCOCC(F)F)ns1. The van der Waals surface area contributed by atoms with Crippen LogP contribution in [0.4, 0.5) is 13.9 Å². The number of rotatable bonds is 5. The van der Waals surface area contributed by atoms with E-state index in [4.69, 9.17) is 5.73 Å². The monoisotopic (exact) mass is 209 g/mol. The summed E-state index contributed by atoms with van der Waals surface area (Å²) in [5, 5.41) is 0.379. The van der Waals surface area contributed by atoms with Crippen molar-refractivity contribution in [2.45, 2.75) is 12.8 Å². The maximum atomic E-state index is 11.6. The number of anilines is 1. The Morgan fingerprint density at radius 1 is 1.54 bits per heavy atom. The zero-order valence-electron chi connectivity index (χ0n) is 6.74. The third-order valence-electron chi connectivity index (χ3n) is 1.20. The molecule has 0 saturated heterocycles. The first-order chi connectivity index (χ1) is 6.18. The third-order valence-corrected chi connectivity index (χ3v) is 1.78. The average Bonchev–Trinajstić information content (AvgIpc) is 2.45. The number of nitrogens with two attached hydrogens (primary N) is 1. The van der Waals surface area contributed by atoms with Crippen LogP contribution in [0.3, 0.4) is 0 Å². The number of aromatic nitrogens is 2. The summed E-state index contributed by atoms with van der Waals surface area (Å²) in [5.41, 5.74) is 5.32. The molecular formula is C6H9F2N3OS. The Balaban J connectivity index is 2.13. The molecule has 0 bridgehead atoms. The van der Waals surface area contributed by atoms with Gasteiger partial charge in [-0.25, -0.2) is 13.8 Å². The molecule has 0 saturated carbocycles. The predicted molar refractivity (Wildman–Crippen MR) is 44.8 cm³/mol. The van der Waals surface area contributed by atoms with E-state index in [9.17, 15) is 8.78 Å². The summed E-state index contributed by atoms with van der Waals surface area (Å²) in [5.74, 6) is 0.539. The number of hydrogen-bond donors (Lipinski definition) is 1. The van der Waals surface area contributed by atoms with Gasteiger partial charge in [-0.1, -0.05) is 0 Å². The maximum Gasteiger partial charge on any atom is 0.261 e. The van der Waals surface area contributed by atoms with Gasteiger partial charge in [-0.05, 0) is 0 Å². The summed E-state index contributed by atoms with van der Waals surface area (Å²) in [6.07, 6.45) is -2.01. The molecule has 0 spiro atoms. The fraction of sp³-hybridized carbons (Fsp3) is 0.667. The molecule has 0 aliphatic rings. The molecule has 1 aromatic heterocycles. The van der Waals surface area contributed by atoms with Crippen molar-refractivity contribution in [2.75, 3.05) is 18.9 Å². The maximum absolute atomic E-state index is 11.6. The van der Waals surface area contributed by atoms with Crippen LogP contribution >= 0.6 is 11.5 Å². The Labute approximate surface area is 77.9 Å². The lowest BCUT2D eigenvalue weighted by Crippen LogP contribution is -2.07. The number of ether oxygens (including phenoxy) is 1. The average molecular weight is 209 g/mol. The smallest absolute Gasteiger partial charge is 0.261 e. The van der Waals surface area contributed by atoms with Gasteiger partial charge >= 0.3 is 0 Å². The highest BCUT2D eigenvalue weighted by Crippen LogP contribution is 2.05. The summed E-state index contributed by atoms with van der Waals surface area (Å²) in [6.45, 7) is -0.347. The molecule has 0 aliphatic carbocycles. The van der Waals surface area contributed by atoms with E-state index in [1.54, 1.807) is 0 Å². The van der Waals surface area contributed by atoms with Crippen molar-refractivity contribution in [1.29, 1.82) is 0 Å². The van der Waals surface area contributed by atoms with Crippen molar-refractivity contribution in [3.05, 3.63) is 5.82 Å². The second-order valence-electron chi connectivity index (χ2n) is 2.26. The lowest BCUT2D eigenvalue weighted by Gasteiger charge is -1.99. The normalized spacial score (nSPS) is 11.0. The minimum atomic E-state index is -2.42. The second-order valence-corrected chi connectivity index (χ2v) is 3.05. The molecule has 0 fully saturated rings. The molecule has 1 aromatic rings. The summed E-state index contributed by atoms with van der Waals surface area (Å²) in [7, 11) is 0. The number of hydrogen-bond acceptors (Lipinski definition) is 5. The molecule has 13 heavy (non-hydrogen) atoms. The van der Waals surface area contributed by atoms with Crippen molar-refractivity contribution in [3.63, 3.8) is 0 Å².